The van der Waals surface area contributed by atoms with Crippen molar-refractivity contribution in [3.05, 3.63) is 35.1 Å². The highest BCUT2D eigenvalue weighted by molar-refractivity contribution is 5.28. The standard InChI is InChI=1S/C15H23FN2O/c1-11-6-7-12(10-13(11)16)14(18-17)15(19-2)8-4-3-5-9-15/h6-7,10,14,18H,3-5,8-9,17H2,1-2H3. The average Bonchev–Trinajstić information content (AvgIpc) is 2.44. The molecule has 1 aromatic carbocycles. The molecule has 1 unspecified atom stereocenters. The Kier molecular flexibility index (Phi) is 4.55. The predicted octanol–water partition coefficient (Wildman–Crippen LogP) is 2.99. The van der Waals surface area contributed by atoms with Gasteiger partial charge in [0, 0.05) is 7.11 Å². The molecule has 0 aromatic heterocycles. The predicted molar refractivity (Wildman–Crippen MR) is 74.0 cm³/mol. The molecule has 0 amide bonds. The van der Waals surface area contributed by atoms with Gasteiger partial charge in [-0.1, -0.05) is 31.4 Å². The van der Waals surface area contributed by atoms with E-state index in [-0.39, 0.29) is 17.5 Å². The van der Waals surface area contributed by atoms with Crippen molar-refractivity contribution >= 4 is 0 Å². The second kappa shape index (κ2) is 5.99. The molecule has 0 radical (unpaired) electrons. The summed E-state index contributed by atoms with van der Waals surface area (Å²) in [7, 11) is 1.72. The van der Waals surface area contributed by atoms with Crippen molar-refractivity contribution in [3.63, 3.8) is 0 Å². The molecule has 1 saturated carbocycles. The first-order valence-electron chi connectivity index (χ1n) is 6.90. The van der Waals surface area contributed by atoms with Gasteiger partial charge in [0.2, 0.25) is 0 Å². The summed E-state index contributed by atoms with van der Waals surface area (Å²) in [5, 5.41) is 0. The molecule has 0 saturated heterocycles. The molecular formula is C15H23FN2O. The van der Waals surface area contributed by atoms with Crippen molar-refractivity contribution in [1.29, 1.82) is 0 Å². The highest BCUT2D eigenvalue weighted by Gasteiger charge is 2.40. The molecule has 1 aromatic rings. The molecule has 0 aliphatic heterocycles. The van der Waals surface area contributed by atoms with Crippen LogP contribution in [0.25, 0.3) is 0 Å². The van der Waals surface area contributed by atoms with Crippen LogP contribution in [-0.2, 0) is 4.74 Å². The van der Waals surface area contributed by atoms with Crippen LogP contribution in [0.3, 0.4) is 0 Å². The van der Waals surface area contributed by atoms with Crippen LogP contribution in [0.1, 0.15) is 49.3 Å². The summed E-state index contributed by atoms with van der Waals surface area (Å²) in [6.45, 7) is 1.76. The largest absolute Gasteiger partial charge is 0.376 e. The number of rotatable bonds is 4. The molecule has 0 heterocycles. The Hall–Kier alpha value is -0.970. The second-order valence-electron chi connectivity index (χ2n) is 5.44. The van der Waals surface area contributed by atoms with Gasteiger partial charge in [-0.3, -0.25) is 11.3 Å². The molecule has 1 atom stereocenters. The van der Waals surface area contributed by atoms with E-state index in [2.05, 4.69) is 5.43 Å². The van der Waals surface area contributed by atoms with Crippen molar-refractivity contribution in [2.45, 2.75) is 50.7 Å². The van der Waals surface area contributed by atoms with E-state index in [1.165, 1.54) is 6.42 Å². The van der Waals surface area contributed by atoms with Crippen LogP contribution in [0.15, 0.2) is 18.2 Å². The van der Waals surface area contributed by atoms with E-state index in [0.717, 1.165) is 31.2 Å². The van der Waals surface area contributed by atoms with E-state index in [1.807, 2.05) is 6.07 Å². The highest BCUT2D eigenvalue weighted by Crippen LogP contribution is 2.40. The molecule has 19 heavy (non-hydrogen) atoms. The summed E-state index contributed by atoms with van der Waals surface area (Å²) >= 11 is 0. The maximum Gasteiger partial charge on any atom is 0.126 e. The molecule has 1 aliphatic rings. The zero-order chi connectivity index (χ0) is 13.9. The Morgan fingerprint density at radius 2 is 2.00 bits per heavy atom. The minimum atomic E-state index is -0.325. The Labute approximate surface area is 114 Å². The van der Waals surface area contributed by atoms with Gasteiger partial charge >= 0.3 is 0 Å². The van der Waals surface area contributed by atoms with Gasteiger partial charge in [-0.05, 0) is 37.0 Å². The van der Waals surface area contributed by atoms with Crippen molar-refractivity contribution in [2.24, 2.45) is 5.84 Å². The summed E-state index contributed by atoms with van der Waals surface area (Å²) < 4.78 is 19.6. The van der Waals surface area contributed by atoms with Gasteiger partial charge in [0.25, 0.3) is 0 Å². The first-order valence-corrected chi connectivity index (χ1v) is 6.90. The van der Waals surface area contributed by atoms with Gasteiger partial charge < -0.3 is 4.74 Å². The lowest BCUT2D eigenvalue weighted by atomic mass is 9.76. The number of halogens is 1. The Bertz CT molecular complexity index is 430. The first kappa shape index (κ1) is 14.4. The molecule has 4 heteroatoms. The monoisotopic (exact) mass is 266 g/mol. The van der Waals surface area contributed by atoms with Crippen LogP contribution in [0.2, 0.25) is 0 Å². The van der Waals surface area contributed by atoms with Gasteiger partial charge in [0.05, 0.1) is 11.6 Å². The van der Waals surface area contributed by atoms with E-state index < -0.39 is 0 Å². The fourth-order valence-electron chi connectivity index (χ4n) is 3.10. The maximum atomic E-state index is 13.8. The number of methoxy groups -OCH3 is 1. The van der Waals surface area contributed by atoms with E-state index in [9.17, 15) is 4.39 Å². The highest BCUT2D eigenvalue weighted by atomic mass is 19.1. The van der Waals surface area contributed by atoms with Gasteiger partial charge in [0.1, 0.15) is 5.82 Å². The van der Waals surface area contributed by atoms with Crippen molar-refractivity contribution < 1.29 is 9.13 Å². The Balaban J connectivity index is 2.33. The second-order valence-corrected chi connectivity index (χ2v) is 5.44. The summed E-state index contributed by atoms with van der Waals surface area (Å²) in [6.07, 6.45) is 5.38. The van der Waals surface area contributed by atoms with Gasteiger partial charge in [-0.15, -0.1) is 0 Å². The molecule has 1 aliphatic carbocycles. The lowest BCUT2D eigenvalue weighted by Crippen LogP contribution is -2.49. The average molecular weight is 266 g/mol. The van der Waals surface area contributed by atoms with Crippen LogP contribution in [0.4, 0.5) is 4.39 Å². The lowest BCUT2D eigenvalue weighted by Gasteiger charge is -2.42. The number of aryl methyl sites for hydroxylation is 1. The SMILES string of the molecule is COC1(C(NN)c2ccc(C)c(F)c2)CCCCC1. The van der Waals surface area contributed by atoms with Crippen molar-refractivity contribution in [1.82, 2.24) is 5.43 Å². The number of hydrogen-bond donors (Lipinski definition) is 2. The zero-order valence-electron chi connectivity index (χ0n) is 11.7. The lowest BCUT2D eigenvalue weighted by molar-refractivity contribution is -0.0689. The summed E-state index contributed by atoms with van der Waals surface area (Å²) in [5.74, 6) is 5.54. The van der Waals surface area contributed by atoms with Gasteiger partial charge in [0.15, 0.2) is 0 Å². The van der Waals surface area contributed by atoms with E-state index >= 15 is 0 Å². The fourth-order valence-corrected chi connectivity index (χ4v) is 3.10. The normalized spacial score (nSPS) is 20.2. The molecule has 3 N–H and O–H groups in total. The minimum absolute atomic E-state index is 0.173. The number of hydrogen-bond acceptors (Lipinski definition) is 3. The summed E-state index contributed by atoms with van der Waals surface area (Å²) in [6, 6.07) is 5.11. The number of benzene rings is 1. The number of nitrogens with two attached hydrogens (primary N) is 1. The van der Waals surface area contributed by atoms with Crippen LogP contribution < -0.4 is 11.3 Å². The van der Waals surface area contributed by atoms with Crippen LogP contribution in [0.5, 0.6) is 0 Å². The molecule has 2 rings (SSSR count). The number of hydrazine groups is 1. The van der Waals surface area contributed by atoms with E-state index in [4.69, 9.17) is 10.6 Å². The van der Waals surface area contributed by atoms with Crippen LogP contribution in [0, 0.1) is 12.7 Å². The molecule has 106 valence electrons. The third-order valence-corrected chi connectivity index (χ3v) is 4.33. The fraction of sp³-hybridized carbons (Fsp3) is 0.600. The zero-order valence-corrected chi connectivity index (χ0v) is 11.7. The molecule has 3 nitrogen and oxygen atoms in total. The van der Waals surface area contributed by atoms with Gasteiger partial charge in [-0.2, -0.15) is 0 Å². The summed E-state index contributed by atoms with van der Waals surface area (Å²) in [5.41, 5.74) is 4.01. The number of nitrogens with one attached hydrogen (secondary N) is 1. The topological polar surface area (TPSA) is 47.3 Å². The Morgan fingerprint density at radius 3 is 2.53 bits per heavy atom. The third kappa shape index (κ3) is 2.81. The first-order chi connectivity index (χ1) is 9.13. The van der Waals surface area contributed by atoms with E-state index in [1.54, 1.807) is 26.2 Å². The van der Waals surface area contributed by atoms with E-state index in [0.29, 0.717) is 5.56 Å². The molecule has 0 bridgehead atoms. The summed E-state index contributed by atoms with van der Waals surface area (Å²) in [4.78, 5) is 0. The smallest absolute Gasteiger partial charge is 0.126 e. The van der Waals surface area contributed by atoms with Crippen LogP contribution >= 0.6 is 0 Å². The number of ether oxygens (including phenoxy) is 1. The quantitative estimate of drug-likeness (QED) is 0.650. The molecule has 0 spiro atoms. The molecular weight excluding hydrogens is 243 g/mol. The van der Waals surface area contributed by atoms with Crippen molar-refractivity contribution in [3.8, 4) is 0 Å². The third-order valence-electron chi connectivity index (χ3n) is 4.33. The molecule has 1 fully saturated rings. The Morgan fingerprint density at radius 1 is 1.32 bits per heavy atom. The van der Waals surface area contributed by atoms with Crippen LogP contribution in [-0.4, -0.2) is 12.7 Å². The van der Waals surface area contributed by atoms with Gasteiger partial charge in [-0.25, -0.2) is 4.39 Å². The van der Waals surface area contributed by atoms with Crippen molar-refractivity contribution in [2.75, 3.05) is 7.11 Å². The minimum Gasteiger partial charge on any atom is -0.376 e. The maximum absolute atomic E-state index is 13.8.